The van der Waals surface area contributed by atoms with Crippen molar-refractivity contribution >= 4 is 6.08 Å². The molecule has 1 nitrogen and oxygen atoms in total. The van der Waals surface area contributed by atoms with Crippen LogP contribution in [0, 0.1) is 0 Å². The lowest BCUT2D eigenvalue weighted by Crippen LogP contribution is -2.03. The zero-order valence-electron chi connectivity index (χ0n) is 7.51. The van der Waals surface area contributed by atoms with Gasteiger partial charge < -0.3 is 4.74 Å². The van der Waals surface area contributed by atoms with Gasteiger partial charge in [-0.25, -0.2) is 0 Å². The smallest absolute Gasteiger partial charge is 0.416 e. The molecule has 0 bridgehead atoms. The SMILES string of the molecule is CO/C=C/c1ccc(C(F)(F)F)cc1. The Balaban J connectivity index is 2.84. The first-order chi connectivity index (χ1) is 6.54. The number of rotatable bonds is 2. The molecule has 0 fully saturated rings. The summed E-state index contributed by atoms with van der Waals surface area (Å²) in [6.07, 6.45) is -1.29. The van der Waals surface area contributed by atoms with Crippen molar-refractivity contribution in [3.63, 3.8) is 0 Å². The van der Waals surface area contributed by atoms with E-state index in [1.54, 1.807) is 6.08 Å². The Hall–Kier alpha value is -1.45. The minimum absolute atomic E-state index is 0.646. The molecule has 0 aliphatic carbocycles. The number of ether oxygens (including phenoxy) is 1. The van der Waals surface area contributed by atoms with Crippen LogP contribution in [0.1, 0.15) is 11.1 Å². The number of halogens is 3. The van der Waals surface area contributed by atoms with Gasteiger partial charge in [-0.2, -0.15) is 13.2 Å². The van der Waals surface area contributed by atoms with E-state index in [0.29, 0.717) is 5.56 Å². The molecule has 0 radical (unpaired) electrons. The van der Waals surface area contributed by atoms with Gasteiger partial charge in [-0.1, -0.05) is 12.1 Å². The van der Waals surface area contributed by atoms with Crippen molar-refractivity contribution in [3.05, 3.63) is 41.7 Å². The second-order valence-electron chi connectivity index (χ2n) is 2.66. The highest BCUT2D eigenvalue weighted by molar-refractivity contribution is 5.48. The fourth-order valence-electron chi connectivity index (χ4n) is 0.930. The van der Waals surface area contributed by atoms with Gasteiger partial charge in [-0.3, -0.25) is 0 Å². The standard InChI is InChI=1S/C10H9F3O/c1-14-7-6-8-2-4-9(5-3-8)10(11,12)13/h2-7H,1H3/b7-6+. The lowest BCUT2D eigenvalue weighted by atomic mass is 10.1. The first-order valence-corrected chi connectivity index (χ1v) is 3.90. The van der Waals surface area contributed by atoms with E-state index in [9.17, 15) is 13.2 Å². The summed E-state index contributed by atoms with van der Waals surface area (Å²) in [5.74, 6) is 0. The van der Waals surface area contributed by atoms with Crippen molar-refractivity contribution < 1.29 is 17.9 Å². The van der Waals surface area contributed by atoms with Crippen LogP contribution in [0.2, 0.25) is 0 Å². The Kier molecular flexibility index (Phi) is 3.17. The number of methoxy groups -OCH3 is 1. The molecular weight excluding hydrogens is 193 g/mol. The summed E-state index contributed by atoms with van der Waals surface area (Å²) in [7, 11) is 1.47. The van der Waals surface area contributed by atoms with Crippen LogP contribution in [0.15, 0.2) is 30.5 Å². The third-order valence-corrected chi connectivity index (χ3v) is 1.63. The highest BCUT2D eigenvalue weighted by Crippen LogP contribution is 2.29. The van der Waals surface area contributed by atoms with Gasteiger partial charge in [0.2, 0.25) is 0 Å². The number of hydrogen-bond acceptors (Lipinski definition) is 1. The molecule has 0 aliphatic heterocycles. The summed E-state index contributed by atoms with van der Waals surface area (Å²) in [5.41, 5.74) is 0.0203. The predicted molar refractivity (Wildman–Crippen MR) is 47.5 cm³/mol. The number of alkyl halides is 3. The molecule has 0 aromatic heterocycles. The van der Waals surface area contributed by atoms with Gasteiger partial charge >= 0.3 is 6.18 Å². The minimum Gasteiger partial charge on any atom is -0.504 e. The number of benzene rings is 1. The van der Waals surface area contributed by atoms with Gasteiger partial charge in [-0.05, 0) is 23.8 Å². The van der Waals surface area contributed by atoms with Crippen LogP contribution in [-0.4, -0.2) is 7.11 Å². The van der Waals surface area contributed by atoms with Crippen molar-refractivity contribution in [2.24, 2.45) is 0 Å². The molecule has 0 saturated carbocycles. The van der Waals surface area contributed by atoms with E-state index < -0.39 is 11.7 Å². The Labute approximate surface area is 79.8 Å². The summed E-state index contributed by atoms with van der Waals surface area (Å²) < 4.78 is 41.0. The molecule has 1 rings (SSSR count). The maximum absolute atomic E-state index is 12.1. The molecule has 1 aromatic carbocycles. The molecule has 1 aromatic rings. The van der Waals surface area contributed by atoms with E-state index in [4.69, 9.17) is 0 Å². The summed E-state index contributed by atoms with van der Waals surface area (Å²) in [4.78, 5) is 0. The monoisotopic (exact) mass is 202 g/mol. The van der Waals surface area contributed by atoms with Crippen LogP contribution in [0.4, 0.5) is 13.2 Å². The summed E-state index contributed by atoms with van der Waals surface area (Å²) in [6, 6.07) is 4.85. The third kappa shape index (κ3) is 2.80. The molecule has 0 heterocycles. The third-order valence-electron chi connectivity index (χ3n) is 1.63. The predicted octanol–water partition coefficient (Wildman–Crippen LogP) is 3.32. The van der Waals surface area contributed by atoms with Crippen molar-refractivity contribution in [1.29, 1.82) is 0 Å². The molecule has 0 spiro atoms. The second-order valence-corrected chi connectivity index (χ2v) is 2.66. The van der Waals surface area contributed by atoms with Gasteiger partial charge in [-0.15, -0.1) is 0 Å². The molecule has 0 atom stereocenters. The minimum atomic E-state index is -4.27. The molecule has 76 valence electrons. The molecule has 0 amide bonds. The molecule has 0 N–H and O–H groups in total. The molecule has 0 unspecified atom stereocenters. The van der Waals surface area contributed by atoms with Crippen molar-refractivity contribution in [1.82, 2.24) is 0 Å². The van der Waals surface area contributed by atoms with Crippen LogP contribution in [-0.2, 0) is 10.9 Å². The average molecular weight is 202 g/mol. The summed E-state index contributed by atoms with van der Waals surface area (Å²) in [5, 5.41) is 0. The Bertz CT molecular complexity index is 311. The van der Waals surface area contributed by atoms with Crippen molar-refractivity contribution in [3.8, 4) is 0 Å². The van der Waals surface area contributed by atoms with Gasteiger partial charge in [0, 0.05) is 0 Å². The van der Waals surface area contributed by atoms with Crippen LogP contribution >= 0.6 is 0 Å². The number of hydrogen-bond donors (Lipinski definition) is 0. The quantitative estimate of drug-likeness (QED) is 0.668. The lowest BCUT2D eigenvalue weighted by molar-refractivity contribution is -0.137. The topological polar surface area (TPSA) is 9.23 Å². The Morgan fingerprint density at radius 2 is 1.71 bits per heavy atom. The first kappa shape index (κ1) is 10.6. The first-order valence-electron chi connectivity index (χ1n) is 3.90. The highest BCUT2D eigenvalue weighted by Gasteiger charge is 2.29. The van der Waals surface area contributed by atoms with E-state index in [0.717, 1.165) is 12.1 Å². The summed E-state index contributed by atoms with van der Waals surface area (Å²) in [6.45, 7) is 0. The van der Waals surface area contributed by atoms with Crippen molar-refractivity contribution in [2.75, 3.05) is 7.11 Å². The maximum Gasteiger partial charge on any atom is 0.416 e. The lowest BCUT2D eigenvalue weighted by Gasteiger charge is -2.05. The summed E-state index contributed by atoms with van der Waals surface area (Å²) >= 11 is 0. The van der Waals surface area contributed by atoms with E-state index in [1.165, 1.54) is 25.5 Å². The molecule has 0 saturated heterocycles. The normalized spacial score (nSPS) is 12.0. The second kappa shape index (κ2) is 4.17. The fourth-order valence-corrected chi connectivity index (χ4v) is 0.930. The van der Waals surface area contributed by atoms with Gasteiger partial charge in [0.1, 0.15) is 0 Å². The van der Waals surface area contributed by atoms with Gasteiger partial charge in [0.05, 0.1) is 18.9 Å². The molecule has 14 heavy (non-hydrogen) atoms. The van der Waals surface area contributed by atoms with Gasteiger partial charge in [0.15, 0.2) is 0 Å². The van der Waals surface area contributed by atoms with Crippen LogP contribution in [0.3, 0.4) is 0 Å². The van der Waals surface area contributed by atoms with E-state index in [-0.39, 0.29) is 0 Å². The van der Waals surface area contributed by atoms with Crippen LogP contribution in [0.5, 0.6) is 0 Å². The van der Waals surface area contributed by atoms with E-state index in [2.05, 4.69) is 4.74 Å². The van der Waals surface area contributed by atoms with Gasteiger partial charge in [0.25, 0.3) is 0 Å². The largest absolute Gasteiger partial charge is 0.504 e. The molecule has 0 aliphatic rings. The zero-order valence-corrected chi connectivity index (χ0v) is 7.51. The average Bonchev–Trinajstić information content (AvgIpc) is 2.14. The molecule has 4 heteroatoms. The van der Waals surface area contributed by atoms with E-state index in [1.807, 2.05) is 0 Å². The highest BCUT2D eigenvalue weighted by atomic mass is 19.4. The molecular formula is C10H9F3O. The Morgan fingerprint density at radius 1 is 1.14 bits per heavy atom. The van der Waals surface area contributed by atoms with Crippen molar-refractivity contribution in [2.45, 2.75) is 6.18 Å². The van der Waals surface area contributed by atoms with Crippen LogP contribution in [0.25, 0.3) is 6.08 Å². The van der Waals surface area contributed by atoms with E-state index >= 15 is 0 Å². The van der Waals surface area contributed by atoms with Crippen LogP contribution < -0.4 is 0 Å². The fraction of sp³-hybridized carbons (Fsp3) is 0.200. The zero-order chi connectivity index (χ0) is 10.6. The maximum atomic E-state index is 12.1. The Morgan fingerprint density at radius 3 is 2.14 bits per heavy atom.